The molecule has 4 nitrogen and oxygen atoms in total. The van der Waals surface area contributed by atoms with Gasteiger partial charge in [0, 0.05) is 18.1 Å². The third-order valence-electron chi connectivity index (χ3n) is 2.42. The van der Waals surface area contributed by atoms with E-state index in [0.717, 1.165) is 10.3 Å². The number of nitriles is 1. The van der Waals surface area contributed by atoms with E-state index >= 15 is 0 Å². The number of halogens is 2. The highest BCUT2D eigenvalue weighted by molar-refractivity contribution is 5.47. The Morgan fingerprint density at radius 2 is 2.06 bits per heavy atom. The van der Waals surface area contributed by atoms with E-state index in [-0.39, 0.29) is 12.4 Å². The van der Waals surface area contributed by atoms with E-state index in [9.17, 15) is 8.78 Å². The van der Waals surface area contributed by atoms with Gasteiger partial charge < -0.3 is 5.32 Å². The molecule has 0 unspecified atom stereocenters. The molecule has 0 atom stereocenters. The SMILES string of the molecule is N#Cc1ccc(NCc2nccn2C(F)F)cc1. The van der Waals surface area contributed by atoms with Crippen LogP contribution in [0.5, 0.6) is 0 Å². The molecule has 6 heteroatoms. The van der Waals surface area contributed by atoms with Gasteiger partial charge in [-0.1, -0.05) is 0 Å². The third-order valence-corrected chi connectivity index (χ3v) is 2.42. The Morgan fingerprint density at radius 1 is 1.33 bits per heavy atom. The molecule has 2 rings (SSSR count). The quantitative estimate of drug-likeness (QED) is 0.905. The maximum Gasteiger partial charge on any atom is 0.319 e. The summed E-state index contributed by atoms with van der Waals surface area (Å²) in [6.45, 7) is -2.39. The fourth-order valence-corrected chi connectivity index (χ4v) is 1.50. The van der Waals surface area contributed by atoms with E-state index in [4.69, 9.17) is 5.26 Å². The second kappa shape index (κ2) is 5.27. The van der Waals surface area contributed by atoms with Crippen LogP contribution >= 0.6 is 0 Å². The van der Waals surface area contributed by atoms with Gasteiger partial charge in [0.25, 0.3) is 0 Å². The number of imidazole rings is 1. The molecule has 0 bridgehead atoms. The number of benzene rings is 1. The molecule has 92 valence electrons. The van der Waals surface area contributed by atoms with E-state index in [1.165, 1.54) is 12.4 Å². The number of aromatic nitrogens is 2. The highest BCUT2D eigenvalue weighted by Crippen LogP contribution is 2.14. The average molecular weight is 248 g/mol. The Bertz CT molecular complexity index is 554. The minimum absolute atomic E-state index is 0.198. The number of nitrogens with one attached hydrogen (secondary N) is 1. The normalized spacial score (nSPS) is 10.3. The lowest BCUT2D eigenvalue weighted by Crippen LogP contribution is -2.08. The number of alkyl halides is 2. The predicted molar refractivity (Wildman–Crippen MR) is 62.0 cm³/mol. The van der Waals surface area contributed by atoms with Crippen LogP contribution in [-0.4, -0.2) is 9.55 Å². The largest absolute Gasteiger partial charge is 0.378 e. The van der Waals surface area contributed by atoms with Gasteiger partial charge in [0.2, 0.25) is 0 Å². The van der Waals surface area contributed by atoms with Crippen molar-refractivity contribution in [3.8, 4) is 6.07 Å². The number of hydrogen-bond acceptors (Lipinski definition) is 3. The van der Waals surface area contributed by atoms with Crippen LogP contribution in [0.1, 0.15) is 17.9 Å². The molecule has 0 aliphatic carbocycles. The monoisotopic (exact) mass is 248 g/mol. The van der Waals surface area contributed by atoms with Gasteiger partial charge in [-0.3, -0.25) is 4.57 Å². The Balaban J connectivity index is 2.02. The summed E-state index contributed by atoms with van der Waals surface area (Å²) in [6.07, 6.45) is 2.57. The van der Waals surface area contributed by atoms with Crippen molar-refractivity contribution < 1.29 is 8.78 Å². The summed E-state index contributed by atoms with van der Waals surface area (Å²) in [6, 6.07) is 8.75. The molecule has 18 heavy (non-hydrogen) atoms. The van der Waals surface area contributed by atoms with Crippen LogP contribution in [0.15, 0.2) is 36.7 Å². The highest BCUT2D eigenvalue weighted by atomic mass is 19.3. The molecule has 0 aliphatic heterocycles. The molecular weight excluding hydrogens is 238 g/mol. The Kier molecular flexibility index (Phi) is 3.53. The Hall–Kier alpha value is -2.42. The first-order valence-electron chi connectivity index (χ1n) is 5.24. The smallest absolute Gasteiger partial charge is 0.319 e. The molecule has 1 N–H and O–H groups in total. The molecule has 2 aromatic rings. The minimum Gasteiger partial charge on any atom is -0.378 e. The molecule has 0 fully saturated rings. The van der Waals surface area contributed by atoms with Crippen LogP contribution in [0.2, 0.25) is 0 Å². The molecule has 0 aliphatic rings. The Morgan fingerprint density at radius 3 is 2.67 bits per heavy atom. The summed E-state index contributed by atoms with van der Waals surface area (Å²) in [4.78, 5) is 3.85. The van der Waals surface area contributed by atoms with Gasteiger partial charge in [0.05, 0.1) is 18.2 Å². The van der Waals surface area contributed by atoms with E-state index in [2.05, 4.69) is 10.3 Å². The van der Waals surface area contributed by atoms with Crippen molar-refractivity contribution in [2.45, 2.75) is 13.1 Å². The van der Waals surface area contributed by atoms with Gasteiger partial charge >= 0.3 is 6.55 Å². The lowest BCUT2D eigenvalue weighted by atomic mass is 10.2. The van der Waals surface area contributed by atoms with Crippen molar-refractivity contribution in [1.29, 1.82) is 5.26 Å². The van der Waals surface area contributed by atoms with Crippen LogP contribution in [0, 0.1) is 11.3 Å². The Labute approximate surface area is 102 Å². The number of nitrogens with zero attached hydrogens (tertiary/aromatic N) is 3. The summed E-state index contributed by atoms with van der Waals surface area (Å²) in [5.41, 5.74) is 1.30. The summed E-state index contributed by atoms with van der Waals surface area (Å²) in [5, 5.41) is 11.6. The summed E-state index contributed by atoms with van der Waals surface area (Å²) in [7, 11) is 0. The number of hydrogen-bond donors (Lipinski definition) is 1. The molecule has 1 heterocycles. The van der Waals surface area contributed by atoms with Crippen LogP contribution in [0.25, 0.3) is 0 Å². The zero-order valence-corrected chi connectivity index (χ0v) is 9.35. The second-order valence-corrected chi connectivity index (χ2v) is 3.57. The van der Waals surface area contributed by atoms with Gasteiger partial charge in [-0.2, -0.15) is 14.0 Å². The molecule has 0 amide bonds. The van der Waals surface area contributed by atoms with Crippen molar-refractivity contribution in [2.75, 3.05) is 5.32 Å². The zero-order chi connectivity index (χ0) is 13.0. The van der Waals surface area contributed by atoms with Crippen LogP contribution < -0.4 is 5.32 Å². The molecule has 0 saturated heterocycles. The van der Waals surface area contributed by atoms with Gasteiger partial charge in [-0.05, 0) is 24.3 Å². The van der Waals surface area contributed by atoms with E-state index in [1.54, 1.807) is 24.3 Å². The standard InChI is InChI=1S/C12H10F2N4/c13-12(14)18-6-5-16-11(18)8-17-10-3-1-9(7-15)2-4-10/h1-6,12,17H,8H2. The summed E-state index contributed by atoms with van der Waals surface area (Å²) in [5.74, 6) is 0.259. The maximum absolute atomic E-state index is 12.5. The minimum atomic E-state index is -2.59. The van der Waals surface area contributed by atoms with Crippen molar-refractivity contribution in [2.24, 2.45) is 0 Å². The lowest BCUT2D eigenvalue weighted by Gasteiger charge is -2.08. The molecule has 1 aromatic carbocycles. The zero-order valence-electron chi connectivity index (χ0n) is 9.35. The third kappa shape index (κ3) is 2.63. The topological polar surface area (TPSA) is 53.6 Å². The van der Waals surface area contributed by atoms with Crippen molar-refractivity contribution in [1.82, 2.24) is 9.55 Å². The van der Waals surface area contributed by atoms with Crippen LogP contribution in [0.3, 0.4) is 0 Å². The summed E-state index contributed by atoms with van der Waals surface area (Å²) < 4.78 is 25.9. The van der Waals surface area contributed by atoms with Gasteiger partial charge in [0.1, 0.15) is 5.82 Å². The lowest BCUT2D eigenvalue weighted by molar-refractivity contribution is 0.0673. The fourth-order valence-electron chi connectivity index (χ4n) is 1.50. The predicted octanol–water partition coefficient (Wildman–Crippen LogP) is 2.76. The first kappa shape index (κ1) is 12.0. The number of rotatable bonds is 4. The molecule has 1 aromatic heterocycles. The molecular formula is C12H10F2N4. The van der Waals surface area contributed by atoms with Crippen molar-refractivity contribution in [3.63, 3.8) is 0 Å². The molecule has 0 saturated carbocycles. The fraction of sp³-hybridized carbons (Fsp3) is 0.167. The maximum atomic E-state index is 12.5. The second-order valence-electron chi connectivity index (χ2n) is 3.57. The van der Waals surface area contributed by atoms with E-state index in [1.807, 2.05) is 6.07 Å². The first-order chi connectivity index (χ1) is 8.70. The number of anilines is 1. The average Bonchev–Trinajstić information content (AvgIpc) is 2.85. The molecule has 0 radical (unpaired) electrons. The van der Waals surface area contributed by atoms with Crippen molar-refractivity contribution in [3.05, 3.63) is 48.0 Å². The van der Waals surface area contributed by atoms with Gasteiger partial charge in [-0.15, -0.1) is 0 Å². The molecule has 0 spiro atoms. The van der Waals surface area contributed by atoms with Crippen LogP contribution in [-0.2, 0) is 6.54 Å². The van der Waals surface area contributed by atoms with Crippen molar-refractivity contribution >= 4 is 5.69 Å². The van der Waals surface area contributed by atoms with E-state index in [0.29, 0.717) is 5.56 Å². The highest BCUT2D eigenvalue weighted by Gasteiger charge is 2.10. The van der Waals surface area contributed by atoms with Gasteiger partial charge in [-0.25, -0.2) is 4.98 Å². The van der Waals surface area contributed by atoms with E-state index < -0.39 is 6.55 Å². The van der Waals surface area contributed by atoms with Gasteiger partial charge in [0.15, 0.2) is 0 Å². The summed E-state index contributed by atoms with van der Waals surface area (Å²) >= 11 is 0. The van der Waals surface area contributed by atoms with Crippen LogP contribution in [0.4, 0.5) is 14.5 Å². The first-order valence-corrected chi connectivity index (χ1v) is 5.24.